The first kappa shape index (κ1) is 9.33. The number of anilines is 1. The zero-order valence-corrected chi connectivity index (χ0v) is 9.04. The summed E-state index contributed by atoms with van der Waals surface area (Å²) in [6.45, 7) is 2.23. The molecule has 2 heterocycles. The topological polar surface area (TPSA) is 69.6 Å². The summed E-state index contributed by atoms with van der Waals surface area (Å²) in [5, 5.41) is 4.51. The van der Waals surface area contributed by atoms with E-state index in [1.54, 1.807) is 6.20 Å². The second kappa shape index (κ2) is 3.30. The Bertz CT molecular complexity index is 519. The SMILES string of the molecule is C[C@@H]1C[C@H]1n1ccc(-c2cncnc2N)n1. The van der Waals surface area contributed by atoms with Crippen molar-refractivity contribution < 1.29 is 0 Å². The van der Waals surface area contributed by atoms with Crippen LogP contribution in [0.3, 0.4) is 0 Å². The molecule has 2 N–H and O–H groups in total. The van der Waals surface area contributed by atoms with Gasteiger partial charge in [-0.25, -0.2) is 9.97 Å². The molecule has 1 aliphatic rings. The van der Waals surface area contributed by atoms with Gasteiger partial charge in [0.05, 0.1) is 17.3 Å². The minimum Gasteiger partial charge on any atom is -0.383 e. The summed E-state index contributed by atoms with van der Waals surface area (Å²) in [5.74, 6) is 1.21. The monoisotopic (exact) mass is 215 g/mol. The molecule has 0 bridgehead atoms. The van der Waals surface area contributed by atoms with Gasteiger partial charge in [-0.2, -0.15) is 5.10 Å². The third-order valence-electron chi connectivity index (χ3n) is 3.03. The van der Waals surface area contributed by atoms with E-state index >= 15 is 0 Å². The standard InChI is InChI=1S/C11H13N5/c1-7-4-10(7)16-3-2-9(15-16)8-5-13-6-14-11(8)12/h2-3,5-7,10H,4H2,1H3,(H2,12,13,14)/t7-,10-/m1/s1. The molecule has 1 fully saturated rings. The fourth-order valence-corrected chi connectivity index (χ4v) is 1.87. The van der Waals surface area contributed by atoms with Crippen LogP contribution in [0.2, 0.25) is 0 Å². The molecule has 5 nitrogen and oxygen atoms in total. The molecule has 0 radical (unpaired) electrons. The first-order chi connectivity index (χ1) is 7.75. The normalized spacial score (nSPS) is 23.3. The number of nitrogen functional groups attached to an aromatic ring is 1. The molecule has 3 rings (SSSR count). The molecule has 2 aromatic heterocycles. The van der Waals surface area contributed by atoms with Gasteiger partial charge in [-0.05, 0) is 18.4 Å². The van der Waals surface area contributed by atoms with E-state index in [1.165, 1.54) is 12.7 Å². The van der Waals surface area contributed by atoms with Gasteiger partial charge in [0.1, 0.15) is 12.1 Å². The second-order valence-electron chi connectivity index (χ2n) is 4.28. The van der Waals surface area contributed by atoms with Crippen molar-refractivity contribution in [3.63, 3.8) is 0 Å². The molecule has 0 aliphatic heterocycles. The van der Waals surface area contributed by atoms with E-state index in [4.69, 9.17) is 5.73 Å². The molecule has 1 saturated carbocycles. The maximum Gasteiger partial charge on any atom is 0.136 e. The summed E-state index contributed by atoms with van der Waals surface area (Å²) in [4.78, 5) is 7.92. The Hall–Kier alpha value is -1.91. The highest BCUT2D eigenvalue weighted by Crippen LogP contribution is 2.42. The lowest BCUT2D eigenvalue weighted by molar-refractivity contribution is 0.606. The Morgan fingerprint density at radius 1 is 1.50 bits per heavy atom. The molecule has 0 spiro atoms. The Labute approximate surface area is 93.3 Å². The molecule has 0 aromatic carbocycles. The van der Waals surface area contributed by atoms with Gasteiger partial charge in [0.2, 0.25) is 0 Å². The largest absolute Gasteiger partial charge is 0.383 e. The Balaban J connectivity index is 1.95. The van der Waals surface area contributed by atoms with Crippen LogP contribution in [0.25, 0.3) is 11.3 Å². The van der Waals surface area contributed by atoms with E-state index in [9.17, 15) is 0 Å². The number of nitrogens with two attached hydrogens (primary N) is 1. The number of hydrogen-bond acceptors (Lipinski definition) is 4. The van der Waals surface area contributed by atoms with Crippen LogP contribution in [0, 0.1) is 5.92 Å². The van der Waals surface area contributed by atoms with Crippen molar-refractivity contribution in [1.29, 1.82) is 0 Å². The van der Waals surface area contributed by atoms with E-state index in [-0.39, 0.29) is 0 Å². The van der Waals surface area contributed by atoms with E-state index < -0.39 is 0 Å². The van der Waals surface area contributed by atoms with Crippen molar-refractivity contribution in [2.24, 2.45) is 5.92 Å². The summed E-state index contributed by atoms with van der Waals surface area (Å²) >= 11 is 0. The van der Waals surface area contributed by atoms with E-state index in [1.807, 2.05) is 16.9 Å². The average Bonchev–Trinajstić information content (AvgIpc) is 2.82. The quantitative estimate of drug-likeness (QED) is 0.824. The van der Waals surface area contributed by atoms with Crippen molar-refractivity contribution in [2.75, 3.05) is 5.73 Å². The van der Waals surface area contributed by atoms with Crippen LogP contribution in [0.1, 0.15) is 19.4 Å². The molecule has 16 heavy (non-hydrogen) atoms. The predicted octanol–water partition coefficient (Wildman–Crippen LogP) is 1.50. The number of hydrogen-bond donors (Lipinski definition) is 1. The molecule has 1 aliphatic carbocycles. The van der Waals surface area contributed by atoms with E-state index in [2.05, 4.69) is 22.0 Å². The first-order valence-electron chi connectivity index (χ1n) is 5.36. The third-order valence-corrected chi connectivity index (χ3v) is 3.03. The van der Waals surface area contributed by atoms with Crippen molar-refractivity contribution >= 4 is 5.82 Å². The van der Waals surface area contributed by atoms with Gasteiger partial charge in [0, 0.05) is 12.4 Å². The zero-order valence-electron chi connectivity index (χ0n) is 9.04. The predicted molar refractivity (Wildman–Crippen MR) is 60.5 cm³/mol. The van der Waals surface area contributed by atoms with Crippen LogP contribution in [0.5, 0.6) is 0 Å². The Morgan fingerprint density at radius 3 is 3.00 bits per heavy atom. The maximum absolute atomic E-state index is 5.78. The van der Waals surface area contributed by atoms with E-state index in [0.717, 1.165) is 17.2 Å². The molecule has 82 valence electrons. The second-order valence-corrected chi connectivity index (χ2v) is 4.28. The summed E-state index contributed by atoms with van der Waals surface area (Å²) in [7, 11) is 0. The lowest BCUT2D eigenvalue weighted by Crippen LogP contribution is -1.98. The highest BCUT2D eigenvalue weighted by molar-refractivity contribution is 5.69. The van der Waals surface area contributed by atoms with Crippen LogP contribution in [0.4, 0.5) is 5.82 Å². The Morgan fingerprint density at radius 2 is 2.31 bits per heavy atom. The minimum atomic E-state index is 0.476. The Kier molecular flexibility index (Phi) is 1.92. The molecular weight excluding hydrogens is 202 g/mol. The molecule has 0 saturated heterocycles. The van der Waals surface area contributed by atoms with Gasteiger partial charge >= 0.3 is 0 Å². The van der Waals surface area contributed by atoms with Gasteiger partial charge in [-0.3, -0.25) is 4.68 Å². The van der Waals surface area contributed by atoms with Crippen LogP contribution in [-0.2, 0) is 0 Å². The number of nitrogens with zero attached hydrogens (tertiary/aromatic N) is 4. The van der Waals surface area contributed by atoms with Gasteiger partial charge in [-0.15, -0.1) is 0 Å². The summed E-state index contributed by atoms with van der Waals surface area (Å²) in [6, 6.07) is 2.51. The van der Waals surface area contributed by atoms with Gasteiger partial charge in [0.15, 0.2) is 0 Å². The van der Waals surface area contributed by atoms with Crippen molar-refractivity contribution in [2.45, 2.75) is 19.4 Å². The van der Waals surface area contributed by atoms with Crippen LogP contribution in [0.15, 0.2) is 24.8 Å². The molecule has 0 amide bonds. The summed E-state index contributed by atoms with van der Waals surface area (Å²) in [5.41, 5.74) is 7.43. The number of rotatable bonds is 2. The van der Waals surface area contributed by atoms with Crippen molar-refractivity contribution in [1.82, 2.24) is 19.7 Å². The third kappa shape index (κ3) is 1.44. The highest BCUT2D eigenvalue weighted by Gasteiger charge is 2.35. The molecule has 5 heteroatoms. The molecule has 2 atom stereocenters. The summed E-state index contributed by atoms with van der Waals surface area (Å²) in [6.07, 6.45) is 6.35. The lowest BCUT2D eigenvalue weighted by atomic mass is 10.2. The van der Waals surface area contributed by atoms with Gasteiger partial charge in [-0.1, -0.05) is 6.92 Å². The fourth-order valence-electron chi connectivity index (χ4n) is 1.87. The average molecular weight is 215 g/mol. The van der Waals surface area contributed by atoms with Gasteiger partial charge in [0.25, 0.3) is 0 Å². The van der Waals surface area contributed by atoms with Crippen LogP contribution in [-0.4, -0.2) is 19.7 Å². The zero-order chi connectivity index (χ0) is 11.1. The smallest absolute Gasteiger partial charge is 0.136 e. The first-order valence-corrected chi connectivity index (χ1v) is 5.36. The number of aromatic nitrogens is 4. The van der Waals surface area contributed by atoms with Crippen LogP contribution >= 0.6 is 0 Å². The van der Waals surface area contributed by atoms with Gasteiger partial charge < -0.3 is 5.73 Å². The lowest BCUT2D eigenvalue weighted by Gasteiger charge is -2.00. The van der Waals surface area contributed by atoms with Crippen molar-refractivity contribution in [3.05, 3.63) is 24.8 Å². The highest BCUT2D eigenvalue weighted by atomic mass is 15.3. The molecule has 2 aromatic rings. The van der Waals surface area contributed by atoms with Crippen LogP contribution < -0.4 is 5.73 Å². The molecule has 0 unspecified atom stereocenters. The minimum absolute atomic E-state index is 0.476. The fraction of sp³-hybridized carbons (Fsp3) is 0.364. The van der Waals surface area contributed by atoms with E-state index in [0.29, 0.717) is 11.9 Å². The maximum atomic E-state index is 5.78. The summed E-state index contributed by atoms with van der Waals surface area (Å²) < 4.78 is 2.01. The van der Waals surface area contributed by atoms with Crippen molar-refractivity contribution in [3.8, 4) is 11.3 Å². The molecular formula is C11H13N5.